The Labute approximate surface area is 234 Å². The quantitative estimate of drug-likeness (QED) is 0.227. The van der Waals surface area contributed by atoms with Crippen molar-refractivity contribution in [1.29, 1.82) is 0 Å². The van der Waals surface area contributed by atoms with E-state index in [4.69, 9.17) is 4.74 Å². The van der Waals surface area contributed by atoms with Gasteiger partial charge in [0, 0.05) is 35.8 Å². The van der Waals surface area contributed by atoms with Gasteiger partial charge >= 0.3 is 0 Å². The molecule has 1 saturated heterocycles. The van der Waals surface area contributed by atoms with E-state index in [1.807, 2.05) is 26.1 Å². The number of nitrogens with zero attached hydrogens (tertiary/aromatic N) is 4. The maximum atomic E-state index is 13.0. The molecule has 4 aromatic rings. The van der Waals surface area contributed by atoms with Gasteiger partial charge in [0.25, 0.3) is 0 Å². The number of pyridine rings is 1. The fourth-order valence-electron chi connectivity index (χ4n) is 6.17. The lowest BCUT2D eigenvalue weighted by Gasteiger charge is -2.50. The van der Waals surface area contributed by atoms with Gasteiger partial charge < -0.3 is 15.4 Å². The maximum absolute atomic E-state index is 13.0. The van der Waals surface area contributed by atoms with Gasteiger partial charge in [0.2, 0.25) is 16.0 Å². The molecule has 4 N–H and O–H groups in total. The molecule has 1 saturated carbocycles. The molecule has 12 heteroatoms. The van der Waals surface area contributed by atoms with E-state index in [-0.39, 0.29) is 4.90 Å². The molecular formula is C28H36N8O3S. The van der Waals surface area contributed by atoms with E-state index < -0.39 is 10.0 Å². The highest BCUT2D eigenvalue weighted by Crippen LogP contribution is 2.52. The smallest absolute Gasteiger partial charge is 0.247 e. The number of aromatic nitrogens is 5. The molecule has 1 aliphatic heterocycles. The first-order valence-corrected chi connectivity index (χ1v) is 15.4. The first-order chi connectivity index (χ1) is 19.4. The van der Waals surface area contributed by atoms with E-state index in [9.17, 15) is 8.42 Å². The predicted octanol–water partition coefficient (Wildman–Crippen LogP) is 4.02. The summed E-state index contributed by atoms with van der Waals surface area (Å²) in [5.74, 6) is 1.62. The molecule has 40 heavy (non-hydrogen) atoms. The lowest BCUT2D eigenvalue weighted by Crippen LogP contribution is -2.46. The average Bonchev–Trinajstić information content (AvgIpc) is 3.60. The van der Waals surface area contributed by atoms with Crippen molar-refractivity contribution in [2.75, 3.05) is 31.6 Å². The predicted molar refractivity (Wildman–Crippen MR) is 153 cm³/mol. The van der Waals surface area contributed by atoms with Gasteiger partial charge in [0.15, 0.2) is 11.4 Å². The third-order valence-electron chi connectivity index (χ3n) is 8.27. The first kappa shape index (κ1) is 26.7. The van der Waals surface area contributed by atoms with Crippen LogP contribution in [0.3, 0.4) is 0 Å². The number of sulfonamides is 1. The minimum atomic E-state index is -3.59. The van der Waals surface area contributed by atoms with Crippen LogP contribution in [0.5, 0.6) is 5.75 Å². The molecule has 0 radical (unpaired) electrons. The molecule has 0 unspecified atom stereocenters. The number of fused-ring (bicyclic) bond motifs is 1. The van der Waals surface area contributed by atoms with Crippen molar-refractivity contribution in [3.8, 4) is 16.9 Å². The van der Waals surface area contributed by atoms with E-state index in [0.717, 1.165) is 41.9 Å². The molecule has 1 spiro atoms. The fourth-order valence-corrected chi connectivity index (χ4v) is 7.30. The van der Waals surface area contributed by atoms with Crippen LogP contribution < -0.4 is 20.1 Å². The number of benzene rings is 1. The molecule has 6 rings (SSSR count). The molecule has 3 aromatic heterocycles. The Kier molecular flexibility index (Phi) is 7.24. The van der Waals surface area contributed by atoms with Crippen molar-refractivity contribution in [1.82, 2.24) is 34.8 Å². The van der Waals surface area contributed by atoms with Gasteiger partial charge in [0.05, 0.1) is 17.7 Å². The maximum Gasteiger partial charge on any atom is 0.247 e. The molecule has 4 heterocycles. The Balaban J connectivity index is 1.12. The summed E-state index contributed by atoms with van der Waals surface area (Å²) in [4.78, 5) is 4.92. The highest BCUT2D eigenvalue weighted by molar-refractivity contribution is 7.89. The third kappa shape index (κ3) is 5.30. The van der Waals surface area contributed by atoms with Crippen LogP contribution in [0.2, 0.25) is 0 Å². The summed E-state index contributed by atoms with van der Waals surface area (Å²) in [6, 6.07) is 6.96. The van der Waals surface area contributed by atoms with Gasteiger partial charge in [-0.15, -0.1) is 5.10 Å². The second-order valence-electron chi connectivity index (χ2n) is 11.0. The number of ether oxygens (including phenoxy) is 1. The second-order valence-corrected chi connectivity index (χ2v) is 12.8. The molecule has 0 amide bonds. The van der Waals surface area contributed by atoms with Crippen molar-refractivity contribution < 1.29 is 13.2 Å². The third-order valence-corrected chi connectivity index (χ3v) is 9.72. The van der Waals surface area contributed by atoms with Gasteiger partial charge in [-0.25, -0.2) is 17.7 Å². The Morgan fingerprint density at radius 3 is 2.75 bits per heavy atom. The largest absolute Gasteiger partial charge is 0.489 e. The van der Waals surface area contributed by atoms with Crippen LogP contribution in [0.4, 0.5) is 11.6 Å². The Hall–Kier alpha value is -3.48. The number of hydrogen-bond acceptors (Lipinski definition) is 8. The summed E-state index contributed by atoms with van der Waals surface area (Å²) in [5.41, 5.74) is 4.34. The molecule has 212 valence electrons. The highest BCUT2D eigenvalue weighted by atomic mass is 32.2. The van der Waals surface area contributed by atoms with Gasteiger partial charge in [-0.2, -0.15) is 10.1 Å². The number of aromatic amines is 1. The van der Waals surface area contributed by atoms with Crippen LogP contribution in [0, 0.1) is 18.3 Å². The van der Waals surface area contributed by atoms with Crippen LogP contribution in [0.25, 0.3) is 16.8 Å². The van der Waals surface area contributed by atoms with Crippen molar-refractivity contribution in [2.45, 2.75) is 50.8 Å². The number of nitrogens with one attached hydrogen (secondary N) is 4. The van der Waals surface area contributed by atoms with Crippen molar-refractivity contribution in [2.24, 2.45) is 11.3 Å². The lowest BCUT2D eigenvalue weighted by atomic mass is 9.57. The van der Waals surface area contributed by atoms with Gasteiger partial charge in [-0.3, -0.25) is 5.10 Å². The van der Waals surface area contributed by atoms with Crippen LogP contribution in [-0.4, -0.2) is 59.5 Å². The Morgan fingerprint density at radius 2 is 2.02 bits per heavy atom. The molecule has 2 aliphatic rings. The molecular weight excluding hydrogens is 528 g/mol. The zero-order chi connectivity index (χ0) is 27.7. The minimum absolute atomic E-state index is 0.255. The number of H-pyrrole nitrogens is 1. The molecule has 2 fully saturated rings. The van der Waals surface area contributed by atoms with Gasteiger partial charge in [-0.1, -0.05) is 0 Å². The van der Waals surface area contributed by atoms with E-state index >= 15 is 0 Å². The van der Waals surface area contributed by atoms with E-state index in [1.54, 1.807) is 35.1 Å². The summed E-state index contributed by atoms with van der Waals surface area (Å²) in [5, 5.41) is 18.1. The van der Waals surface area contributed by atoms with Gasteiger partial charge in [0.1, 0.15) is 0 Å². The number of aryl methyl sites for hydroxylation is 1. The van der Waals surface area contributed by atoms with Crippen molar-refractivity contribution in [3.63, 3.8) is 0 Å². The normalized spacial score (nSPS) is 17.2. The minimum Gasteiger partial charge on any atom is -0.489 e. The van der Waals surface area contributed by atoms with E-state index in [0.29, 0.717) is 41.8 Å². The SMILES string of the molecule is CCOc1c(-c2cn[nH]c2)ccn2nc(Nc3ccc(S(=O)(=O)NCCC4CC5(CCNCC5)C4)cc3C)nc12. The van der Waals surface area contributed by atoms with Crippen molar-refractivity contribution >= 4 is 27.3 Å². The number of piperidine rings is 1. The van der Waals surface area contributed by atoms with Crippen molar-refractivity contribution in [3.05, 3.63) is 48.4 Å². The van der Waals surface area contributed by atoms with E-state index in [2.05, 4.69) is 35.6 Å². The monoisotopic (exact) mass is 564 g/mol. The lowest BCUT2D eigenvalue weighted by molar-refractivity contribution is 0.0184. The van der Waals surface area contributed by atoms with E-state index in [1.165, 1.54) is 25.7 Å². The summed E-state index contributed by atoms with van der Waals surface area (Å²) in [7, 11) is -3.59. The van der Waals surface area contributed by atoms with Crippen LogP contribution in [0.15, 0.2) is 47.8 Å². The molecule has 0 bridgehead atoms. The first-order valence-electron chi connectivity index (χ1n) is 14.0. The Bertz CT molecular complexity index is 1590. The summed E-state index contributed by atoms with van der Waals surface area (Å²) in [6.45, 7) is 6.95. The second kappa shape index (κ2) is 10.8. The van der Waals surface area contributed by atoms with Gasteiger partial charge in [-0.05, 0) is 100 Å². The fraction of sp³-hybridized carbons (Fsp3) is 0.464. The average molecular weight is 565 g/mol. The molecule has 11 nitrogen and oxygen atoms in total. The summed E-state index contributed by atoms with van der Waals surface area (Å²) in [6.07, 6.45) is 11.2. The Morgan fingerprint density at radius 1 is 1.20 bits per heavy atom. The van der Waals surface area contributed by atoms with Crippen LogP contribution >= 0.6 is 0 Å². The molecule has 0 atom stereocenters. The topological polar surface area (TPSA) is 138 Å². The molecule has 1 aliphatic carbocycles. The highest BCUT2D eigenvalue weighted by Gasteiger charge is 2.43. The zero-order valence-electron chi connectivity index (χ0n) is 22.9. The van der Waals surface area contributed by atoms with Crippen LogP contribution in [0.1, 0.15) is 44.6 Å². The molecule has 1 aromatic carbocycles. The standard InChI is InChI=1S/C28H36N8O3S/c1-3-39-25-23(21-17-30-31-18-21)7-13-36-26(25)34-27(35-36)33-24-5-4-22(14-19(24)2)40(37,38)32-10-6-20-15-28(16-20)8-11-29-12-9-28/h4-5,7,13-14,17-18,20,29,32H,3,6,8-12,15-16H2,1-2H3,(H,30,31)(H,33,35). The van der Waals surface area contributed by atoms with Crippen LogP contribution in [-0.2, 0) is 10.0 Å². The zero-order valence-corrected chi connectivity index (χ0v) is 23.7. The summed E-state index contributed by atoms with van der Waals surface area (Å²) < 4.78 is 36.4. The summed E-state index contributed by atoms with van der Waals surface area (Å²) >= 11 is 0. The number of anilines is 2. The number of hydrogen-bond donors (Lipinski definition) is 4. The number of rotatable bonds is 10.